The second kappa shape index (κ2) is 5.52. The average molecular weight is 235 g/mol. The summed E-state index contributed by atoms with van der Waals surface area (Å²) in [7, 11) is 0. The molecule has 1 heterocycles. The van der Waals surface area contributed by atoms with Crippen LogP contribution in [0, 0.1) is 0 Å². The molecule has 1 N–H and O–H groups in total. The van der Waals surface area contributed by atoms with E-state index < -0.39 is 0 Å². The SMILES string of the molecule is CC[C@H](O)c1ccc(N2CCOC(C)C2)cc1. The van der Waals surface area contributed by atoms with Crippen molar-refractivity contribution in [3.63, 3.8) is 0 Å². The van der Waals surface area contributed by atoms with E-state index in [1.807, 2.05) is 19.1 Å². The van der Waals surface area contributed by atoms with E-state index in [2.05, 4.69) is 24.0 Å². The molecule has 1 fully saturated rings. The van der Waals surface area contributed by atoms with E-state index in [1.165, 1.54) is 5.69 Å². The van der Waals surface area contributed by atoms with Crippen LogP contribution in [-0.4, -0.2) is 30.9 Å². The molecule has 1 aliphatic rings. The maximum atomic E-state index is 9.74. The number of hydrogen-bond acceptors (Lipinski definition) is 3. The van der Waals surface area contributed by atoms with Crippen LogP contribution in [0.15, 0.2) is 24.3 Å². The number of rotatable bonds is 3. The largest absolute Gasteiger partial charge is 0.388 e. The summed E-state index contributed by atoms with van der Waals surface area (Å²) < 4.78 is 5.53. The Labute approximate surface area is 103 Å². The minimum absolute atomic E-state index is 0.296. The number of aliphatic hydroxyl groups excluding tert-OH is 1. The molecule has 0 saturated carbocycles. The fourth-order valence-corrected chi connectivity index (χ4v) is 2.20. The van der Waals surface area contributed by atoms with Crippen molar-refractivity contribution >= 4 is 5.69 Å². The van der Waals surface area contributed by atoms with Crippen molar-refractivity contribution in [3.8, 4) is 0 Å². The summed E-state index contributed by atoms with van der Waals surface area (Å²) in [5, 5.41) is 9.74. The van der Waals surface area contributed by atoms with E-state index in [0.717, 1.165) is 31.7 Å². The van der Waals surface area contributed by atoms with Crippen LogP contribution in [0.1, 0.15) is 31.9 Å². The highest BCUT2D eigenvalue weighted by molar-refractivity contribution is 5.48. The molecule has 2 rings (SSSR count). The summed E-state index contributed by atoms with van der Waals surface area (Å²) in [6.07, 6.45) is 0.714. The molecule has 0 radical (unpaired) electrons. The van der Waals surface area contributed by atoms with Crippen molar-refractivity contribution in [2.75, 3.05) is 24.6 Å². The summed E-state index contributed by atoms with van der Waals surface area (Å²) >= 11 is 0. The van der Waals surface area contributed by atoms with Gasteiger partial charge in [0.1, 0.15) is 0 Å². The van der Waals surface area contributed by atoms with E-state index in [0.29, 0.717) is 6.10 Å². The van der Waals surface area contributed by atoms with Gasteiger partial charge in [-0.05, 0) is 31.0 Å². The van der Waals surface area contributed by atoms with Crippen molar-refractivity contribution < 1.29 is 9.84 Å². The zero-order valence-corrected chi connectivity index (χ0v) is 10.6. The Bertz CT molecular complexity index is 350. The molecule has 17 heavy (non-hydrogen) atoms. The number of morpholine rings is 1. The van der Waals surface area contributed by atoms with Gasteiger partial charge in [0.2, 0.25) is 0 Å². The second-order valence-electron chi connectivity index (χ2n) is 4.64. The number of benzene rings is 1. The second-order valence-corrected chi connectivity index (χ2v) is 4.64. The maximum absolute atomic E-state index is 9.74. The number of hydrogen-bond donors (Lipinski definition) is 1. The van der Waals surface area contributed by atoms with Crippen LogP contribution >= 0.6 is 0 Å². The molecule has 2 atom stereocenters. The van der Waals surface area contributed by atoms with Crippen LogP contribution in [0.3, 0.4) is 0 Å². The van der Waals surface area contributed by atoms with Crippen molar-refractivity contribution in [1.82, 2.24) is 0 Å². The first-order chi connectivity index (χ1) is 8.20. The molecule has 0 aliphatic carbocycles. The molecule has 1 aliphatic heterocycles. The molecule has 0 spiro atoms. The third-order valence-electron chi connectivity index (χ3n) is 3.27. The van der Waals surface area contributed by atoms with Crippen LogP contribution in [0.4, 0.5) is 5.69 Å². The molecule has 1 unspecified atom stereocenters. The minimum atomic E-state index is -0.340. The maximum Gasteiger partial charge on any atom is 0.0787 e. The zero-order valence-electron chi connectivity index (χ0n) is 10.6. The monoisotopic (exact) mass is 235 g/mol. The minimum Gasteiger partial charge on any atom is -0.388 e. The van der Waals surface area contributed by atoms with Gasteiger partial charge >= 0.3 is 0 Å². The Balaban J connectivity index is 2.06. The molecule has 0 aromatic heterocycles. The quantitative estimate of drug-likeness (QED) is 0.873. The first-order valence-corrected chi connectivity index (χ1v) is 6.35. The summed E-state index contributed by atoms with van der Waals surface area (Å²) in [5.41, 5.74) is 2.21. The van der Waals surface area contributed by atoms with E-state index >= 15 is 0 Å². The van der Waals surface area contributed by atoms with Crippen LogP contribution < -0.4 is 4.90 Å². The first-order valence-electron chi connectivity index (χ1n) is 6.35. The third kappa shape index (κ3) is 2.99. The molecule has 94 valence electrons. The van der Waals surface area contributed by atoms with Gasteiger partial charge in [-0.15, -0.1) is 0 Å². The molecule has 1 aromatic rings. The highest BCUT2D eigenvalue weighted by Crippen LogP contribution is 2.22. The number of anilines is 1. The normalized spacial score (nSPS) is 22.5. The zero-order chi connectivity index (χ0) is 12.3. The van der Waals surface area contributed by atoms with Gasteiger partial charge in [-0.1, -0.05) is 19.1 Å². The van der Waals surface area contributed by atoms with E-state index in [1.54, 1.807) is 0 Å². The molecule has 0 amide bonds. The van der Waals surface area contributed by atoms with Crippen molar-refractivity contribution in [2.45, 2.75) is 32.5 Å². The highest BCUT2D eigenvalue weighted by atomic mass is 16.5. The van der Waals surface area contributed by atoms with Crippen LogP contribution in [-0.2, 0) is 4.74 Å². The molecular weight excluding hydrogens is 214 g/mol. The van der Waals surface area contributed by atoms with E-state index in [-0.39, 0.29) is 6.10 Å². The topological polar surface area (TPSA) is 32.7 Å². The lowest BCUT2D eigenvalue weighted by Gasteiger charge is -2.33. The summed E-state index contributed by atoms with van der Waals surface area (Å²) in [6, 6.07) is 8.21. The lowest BCUT2D eigenvalue weighted by molar-refractivity contribution is 0.0532. The average Bonchev–Trinajstić information content (AvgIpc) is 2.38. The van der Waals surface area contributed by atoms with E-state index in [9.17, 15) is 5.11 Å². The van der Waals surface area contributed by atoms with Gasteiger partial charge in [0.25, 0.3) is 0 Å². The number of nitrogens with zero attached hydrogens (tertiary/aromatic N) is 1. The van der Waals surface area contributed by atoms with Gasteiger partial charge in [-0.25, -0.2) is 0 Å². The fourth-order valence-electron chi connectivity index (χ4n) is 2.20. The number of ether oxygens (including phenoxy) is 1. The molecule has 0 bridgehead atoms. The molecule has 1 aromatic carbocycles. The van der Waals surface area contributed by atoms with Gasteiger partial charge in [0.05, 0.1) is 18.8 Å². The Morgan fingerprint density at radius 3 is 2.71 bits per heavy atom. The van der Waals surface area contributed by atoms with Crippen molar-refractivity contribution in [1.29, 1.82) is 0 Å². The third-order valence-corrected chi connectivity index (χ3v) is 3.27. The Hall–Kier alpha value is -1.06. The highest BCUT2D eigenvalue weighted by Gasteiger charge is 2.17. The van der Waals surface area contributed by atoms with E-state index in [4.69, 9.17) is 4.74 Å². The lowest BCUT2D eigenvalue weighted by atomic mass is 10.1. The van der Waals surface area contributed by atoms with Gasteiger partial charge < -0.3 is 14.7 Å². The van der Waals surface area contributed by atoms with Gasteiger partial charge in [-0.3, -0.25) is 0 Å². The summed E-state index contributed by atoms with van der Waals surface area (Å²) in [5.74, 6) is 0. The van der Waals surface area contributed by atoms with Crippen LogP contribution in [0.2, 0.25) is 0 Å². The predicted molar refractivity (Wildman–Crippen MR) is 69.3 cm³/mol. The van der Waals surface area contributed by atoms with Crippen molar-refractivity contribution in [2.24, 2.45) is 0 Å². The molecular formula is C14H21NO2. The van der Waals surface area contributed by atoms with Gasteiger partial charge in [0.15, 0.2) is 0 Å². The van der Waals surface area contributed by atoms with Crippen LogP contribution in [0.25, 0.3) is 0 Å². The Morgan fingerprint density at radius 1 is 1.41 bits per heavy atom. The number of aliphatic hydroxyl groups is 1. The first kappa shape index (κ1) is 12.4. The Kier molecular flexibility index (Phi) is 4.02. The molecule has 1 saturated heterocycles. The van der Waals surface area contributed by atoms with Crippen LogP contribution in [0.5, 0.6) is 0 Å². The smallest absolute Gasteiger partial charge is 0.0787 e. The van der Waals surface area contributed by atoms with Gasteiger partial charge in [0, 0.05) is 18.8 Å². The summed E-state index contributed by atoms with van der Waals surface area (Å²) in [4.78, 5) is 2.33. The van der Waals surface area contributed by atoms with Gasteiger partial charge in [-0.2, -0.15) is 0 Å². The summed E-state index contributed by atoms with van der Waals surface area (Å²) in [6.45, 7) is 6.76. The van der Waals surface area contributed by atoms with Crippen molar-refractivity contribution in [3.05, 3.63) is 29.8 Å². The Morgan fingerprint density at radius 2 is 2.12 bits per heavy atom. The fraction of sp³-hybridized carbons (Fsp3) is 0.571. The standard InChI is InChI=1S/C14H21NO2/c1-3-14(16)12-4-6-13(7-5-12)15-8-9-17-11(2)10-15/h4-7,11,14,16H,3,8-10H2,1-2H3/t11?,14-/m0/s1. The molecule has 3 heteroatoms. The predicted octanol–water partition coefficient (Wildman–Crippen LogP) is 2.36. The lowest BCUT2D eigenvalue weighted by Crippen LogP contribution is -2.41. The molecule has 3 nitrogen and oxygen atoms in total.